The summed E-state index contributed by atoms with van der Waals surface area (Å²) in [6, 6.07) is 1.76. The van der Waals surface area contributed by atoms with Crippen LogP contribution < -0.4 is 0 Å². The van der Waals surface area contributed by atoms with Crippen LogP contribution in [-0.4, -0.2) is 8.75 Å². The quantitative estimate of drug-likeness (QED) is 0.715. The lowest BCUT2D eigenvalue weighted by atomic mass is 10.2. The van der Waals surface area contributed by atoms with Gasteiger partial charge in [0.25, 0.3) is 0 Å². The van der Waals surface area contributed by atoms with Crippen LogP contribution in [0.1, 0.15) is 5.56 Å². The van der Waals surface area contributed by atoms with Crippen LogP contribution in [0.25, 0.3) is 11.0 Å². The van der Waals surface area contributed by atoms with Crippen molar-refractivity contribution in [3.63, 3.8) is 0 Å². The third-order valence-electron chi connectivity index (χ3n) is 1.65. The van der Waals surface area contributed by atoms with Crippen molar-refractivity contribution in [2.45, 2.75) is 6.67 Å². The lowest BCUT2D eigenvalue weighted by molar-refractivity contribution is 0.484. The molecule has 0 aliphatic rings. The zero-order valence-electron chi connectivity index (χ0n) is 6.22. The second-order valence-electron chi connectivity index (χ2n) is 2.43. The second-order valence-corrected chi connectivity index (χ2v) is 4.89. The molecule has 13 heavy (non-hydrogen) atoms. The average Bonchev–Trinajstić information content (AvgIpc) is 2.60. The van der Waals surface area contributed by atoms with Crippen LogP contribution in [0.3, 0.4) is 0 Å². The molecule has 0 fully saturated rings. The standard InChI is InChI=1S/C7H3BrFIN2S/c8-4-1-3(2-9)5(10)7-6(4)11-13-12-7/h1H,2H2. The number of halogens is 3. The molecule has 0 aliphatic heterocycles. The van der Waals surface area contributed by atoms with E-state index in [1.54, 1.807) is 6.07 Å². The smallest absolute Gasteiger partial charge is 0.120 e. The third-order valence-corrected chi connectivity index (χ3v) is 3.99. The number of alkyl halides is 1. The fourth-order valence-corrected chi connectivity index (χ4v) is 3.10. The molecule has 68 valence electrons. The zero-order valence-corrected chi connectivity index (χ0v) is 10.8. The van der Waals surface area contributed by atoms with Crippen LogP contribution in [0.15, 0.2) is 10.5 Å². The Labute approximate surface area is 100 Å². The molecule has 0 radical (unpaired) electrons. The normalized spacial score (nSPS) is 11.0. The van der Waals surface area contributed by atoms with Crippen LogP contribution in [0.5, 0.6) is 0 Å². The summed E-state index contributed by atoms with van der Waals surface area (Å²) < 4.78 is 22.4. The minimum atomic E-state index is -0.468. The van der Waals surface area contributed by atoms with Crippen molar-refractivity contribution in [2.24, 2.45) is 0 Å². The highest BCUT2D eigenvalue weighted by atomic mass is 127. The lowest BCUT2D eigenvalue weighted by Gasteiger charge is -2.00. The van der Waals surface area contributed by atoms with Gasteiger partial charge >= 0.3 is 0 Å². The Morgan fingerprint density at radius 2 is 2.15 bits per heavy atom. The molecule has 0 amide bonds. The van der Waals surface area contributed by atoms with Gasteiger partial charge in [0.05, 0.1) is 11.7 Å². The Balaban J connectivity index is 2.85. The maximum Gasteiger partial charge on any atom is 0.120 e. The Bertz CT molecular complexity index is 459. The van der Waals surface area contributed by atoms with E-state index >= 15 is 0 Å². The number of benzene rings is 1. The van der Waals surface area contributed by atoms with Gasteiger partial charge in [-0.3, -0.25) is 0 Å². The van der Waals surface area contributed by atoms with E-state index in [0.717, 1.165) is 30.8 Å². The predicted molar refractivity (Wildman–Crippen MR) is 62.6 cm³/mol. The maximum absolute atomic E-state index is 12.5. The summed E-state index contributed by atoms with van der Waals surface area (Å²) in [5.41, 5.74) is 2.26. The van der Waals surface area contributed by atoms with Gasteiger partial charge in [-0.2, -0.15) is 8.75 Å². The first kappa shape index (κ1) is 9.72. The monoisotopic (exact) mass is 372 g/mol. The van der Waals surface area contributed by atoms with Crippen molar-refractivity contribution in [2.75, 3.05) is 0 Å². The number of hydrogen-bond acceptors (Lipinski definition) is 3. The molecule has 0 aliphatic carbocycles. The number of fused-ring (bicyclic) bond motifs is 1. The van der Waals surface area contributed by atoms with Crippen molar-refractivity contribution in [1.82, 2.24) is 8.75 Å². The summed E-state index contributed by atoms with van der Waals surface area (Å²) in [5, 5.41) is 0. The minimum absolute atomic E-state index is 0.468. The first-order valence-electron chi connectivity index (χ1n) is 3.39. The van der Waals surface area contributed by atoms with Crippen molar-refractivity contribution in [3.8, 4) is 0 Å². The largest absolute Gasteiger partial charge is 0.246 e. The molecule has 0 unspecified atom stereocenters. The van der Waals surface area contributed by atoms with Gasteiger partial charge in [0.15, 0.2) is 0 Å². The molecular weight excluding hydrogens is 370 g/mol. The molecule has 0 saturated heterocycles. The predicted octanol–water partition coefficient (Wildman–Crippen LogP) is 3.53. The highest BCUT2D eigenvalue weighted by Gasteiger charge is 2.11. The number of aromatic nitrogens is 2. The first-order valence-corrected chi connectivity index (χ1v) is 5.99. The summed E-state index contributed by atoms with van der Waals surface area (Å²) >= 11 is 6.57. The van der Waals surface area contributed by atoms with Gasteiger partial charge in [-0.15, -0.1) is 0 Å². The topological polar surface area (TPSA) is 25.8 Å². The van der Waals surface area contributed by atoms with Gasteiger partial charge in [0, 0.05) is 8.04 Å². The Kier molecular flexibility index (Phi) is 2.80. The SMILES string of the molecule is FCc1cc(Br)c2nsnc2c1I. The first-order chi connectivity index (χ1) is 6.24. The lowest BCUT2D eigenvalue weighted by Crippen LogP contribution is -1.87. The summed E-state index contributed by atoms with van der Waals surface area (Å²) in [6.07, 6.45) is 0. The highest BCUT2D eigenvalue weighted by molar-refractivity contribution is 14.1. The Morgan fingerprint density at radius 1 is 1.46 bits per heavy atom. The zero-order chi connectivity index (χ0) is 9.42. The third kappa shape index (κ3) is 1.59. The van der Waals surface area contributed by atoms with Gasteiger partial charge in [0.2, 0.25) is 0 Å². The van der Waals surface area contributed by atoms with E-state index in [9.17, 15) is 4.39 Å². The maximum atomic E-state index is 12.5. The molecule has 1 heterocycles. The van der Waals surface area contributed by atoms with Gasteiger partial charge in [-0.05, 0) is 50.2 Å². The molecule has 0 atom stereocenters. The van der Waals surface area contributed by atoms with E-state index in [1.807, 2.05) is 0 Å². The van der Waals surface area contributed by atoms with Crippen LogP contribution in [0.4, 0.5) is 4.39 Å². The van der Waals surface area contributed by atoms with Gasteiger partial charge in [-0.1, -0.05) is 0 Å². The molecule has 1 aromatic carbocycles. The minimum Gasteiger partial charge on any atom is -0.246 e. The van der Waals surface area contributed by atoms with E-state index in [2.05, 4.69) is 47.3 Å². The highest BCUT2D eigenvalue weighted by Crippen LogP contribution is 2.29. The molecular formula is C7H3BrFIN2S. The second kappa shape index (κ2) is 3.74. The summed E-state index contributed by atoms with van der Waals surface area (Å²) in [4.78, 5) is 0. The summed E-state index contributed by atoms with van der Waals surface area (Å²) in [5.74, 6) is 0. The van der Waals surface area contributed by atoms with Crippen LogP contribution in [0.2, 0.25) is 0 Å². The average molecular weight is 373 g/mol. The van der Waals surface area contributed by atoms with Gasteiger partial charge in [0.1, 0.15) is 17.7 Å². The number of rotatable bonds is 1. The fourth-order valence-electron chi connectivity index (χ4n) is 1.02. The van der Waals surface area contributed by atoms with Gasteiger partial charge in [-0.25, -0.2) is 4.39 Å². The van der Waals surface area contributed by atoms with Crippen molar-refractivity contribution in [1.29, 1.82) is 0 Å². The van der Waals surface area contributed by atoms with E-state index in [0.29, 0.717) is 5.56 Å². The Morgan fingerprint density at radius 3 is 2.85 bits per heavy atom. The van der Waals surface area contributed by atoms with Crippen LogP contribution in [-0.2, 0) is 6.67 Å². The van der Waals surface area contributed by atoms with E-state index in [1.165, 1.54) is 0 Å². The molecule has 2 rings (SSSR count). The molecule has 2 aromatic rings. The molecule has 6 heteroatoms. The van der Waals surface area contributed by atoms with E-state index in [-0.39, 0.29) is 0 Å². The van der Waals surface area contributed by atoms with Gasteiger partial charge < -0.3 is 0 Å². The molecule has 1 aromatic heterocycles. The van der Waals surface area contributed by atoms with E-state index < -0.39 is 6.67 Å². The molecule has 0 N–H and O–H groups in total. The molecule has 0 spiro atoms. The fraction of sp³-hybridized carbons (Fsp3) is 0.143. The van der Waals surface area contributed by atoms with Crippen molar-refractivity contribution >= 4 is 61.3 Å². The summed E-state index contributed by atoms with van der Waals surface area (Å²) in [7, 11) is 0. The molecule has 2 nitrogen and oxygen atoms in total. The number of nitrogens with zero attached hydrogens (tertiary/aromatic N) is 2. The molecule has 0 saturated carbocycles. The summed E-state index contributed by atoms with van der Waals surface area (Å²) in [6.45, 7) is -0.468. The van der Waals surface area contributed by atoms with E-state index in [4.69, 9.17) is 0 Å². The molecule has 0 bridgehead atoms. The van der Waals surface area contributed by atoms with Crippen molar-refractivity contribution in [3.05, 3.63) is 19.7 Å². The number of hydrogen-bond donors (Lipinski definition) is 0. The van der Waals surface area contributed by atoms with Crippen LogP contribution in [0, 0.1) is 3.57 Å². The Hall–Kier alpha value is 0.180. The van der Waals surface area contributed by atoms with Crippen molar-refractivity contribution < 1.29 is 4.39 Å². The van der Waals surface area contributed by atoms with Crippen LogP contribution >= 0.6 is 50.2 Å².